The first kappa shape index (κ1) is 16.0. The highest BCUT2D eigenvalue weighted by Crippen LogP contribution is 2.26. The summed E-state index contributed by atoms with van der Waals surface area (Å²) in [5.41, 5.74) is 8.94. The molecule has 28 heavy (non-hydrogen) atoms. The minimum Gasteiger partial charge on any atom is -0.383 e. The predicted molar refractivity (Wildman–Crippen MR) is 99.6 cm³/mol. The van der Waals surface area contributed by atoms with Gasteiger partial charge in [0, 0.05) is 11.1 Å². The van der Waals surface area contributed by atoms with E-state index in [1.54, 1.807) is 23.0 Å². The fraction of sp³-hybridized carbons (Fsp3) is 0. The minimum absolute atomic E-state index is 0.317. The summed E-state index contributed by atoms with van der Waals surface area (Å²) < 4.78 is 14.8. The number of nitrogens with zero attached hydrogens (tertiary/aromatic N) is 7. The molecule has 0 spiro atoms. The van der Waals surface area contributed by atoms with Gasteiger partial charge in [0.2, 0.25) is 0 Å². The van der Waals surface area contributed by atoms with Crippen molar-refractivity contribution >= 4 is 16.9 Å². The van der Waals surface area contributed by atoms with E-state index in [0.717, 1.165) is 11.1 Å². The van der Waals surface area contributed by atoms with E-state index >= 15 is 0 Å². The van der Waals surface area contributed by atoms with Gasteiger partial charge in [-0.3, -0.25) is 0 Å². The highest BCUT2D eigenvalue weighted by atomic mass is 19.1. The number of aromatic nitrogens is 8. The average Bonchev–Trinajstić information content (AvgIpc) is 3.39. The molecular weight excluding hydrogens is 361 g/mol. The first-order valence-corrected chi connectivity index (χ1v) is 8.31. The Morgan fingerprint density at radius 3 is 2.39 bits per heavy atom. The Morgan fingerprint density at radius 1 is 0.929 bits per heavy atom. The van der Waals surface area contributed by atoms with Crippen LogP contribution in [0.4, 0.5) is 10.2 Å². The monoisotopic (exact) mass is 373 g/mol. The Hall–Kier alpha value is -4.21. The molecule has 0 saturated heterocycles. The third-order valence-electron chi connectivity index (χ3n) is 4.29. The molecule has 0 atom stereocenters. The van der Waals surface area contributed by atoms with Gasteiger partial charge >= 0.3 is 0 Å². The summed E-state index contributed by atoms with van der Waals surface area (Å²) >= 11 is 0. The number of rotatable bonds is 3. The van der Waals surface area contributed by atoms with E-state index < -0.39 is 0 Å². The molecule has 3 N–H and O–H groups in total. The Balaban J connectivity index is 1.60. The summed E-state index contributed by atoms with van der Waals surface area (Å²) in [7, 11) is 0. The van der Waals surface area contributed by atoms with Crippen molar-refractivity contribution in [2.24, 2.45) is 0 Å². The first-order valence-electron chi connectivity index (χ1n) is 8.31. The second-order valence-corrected chi connectivity index (χ2v) is 6.03. The van der Waals surface area contributed by atoms with Crippen molar-refractivity contribution < 1.29 is 4.39 Å². The molecule has 10 heteroatoms. The van der Waals surface area contributed by atoms with E-state index in [1.807, 2.05) is 24.3 Å². The van der Waals surface area contributed by atoms with E-state index in [-0.39, 0.29) is 5.82 Å². The zero-order valence-corrected chi connectivity index (χ0v) is 14.3. The van der Waals surface area contributed by atoms with E-state index in [2.05, 4.69) is 35.7 Å². The molecule has 0 aliphatic carbocycles. The number of tetrazole rings is 1. The second kappa shape index (κ2) is 6.20. The lowest BCUT2D eigenvalue weighted by Gasteiger charge is -2.06. The van der Waals surface area contributed by atoms with Gasteiger partial charge in [0.05, 0.1) is 17.3 Å². The molecule has 9 nitrogen and oxygen atoms in total. The fourth-order valence-electron chi connectivity index (χ4n) is 2.89. The number of anilines is 1. The molecule has 3 aromatic heterocycles. The van der Waals surface area contributed by atoms with Crippen molar-refractivity contribution in [3.63, 3.8) is 0 Å². The quantitative estimate of drug-likeness (QED) is 0.497. The lowest BCUT2D eigenvalue weighted by molar-refractivity contribution is 0.627. The van der Waals surface area contributed by atoms with Crippen LogP contribution in [0.2, 0.25) is 0 Å². The molecule has 5 rings (SSSR count). The van der Waals surface area contributed by atoms with Gasteiger partial charge in [0.25, 0.3) is 0 Å². The number of aromatic amines is 1. The van der Waals surface area contributed by atoms with Crippen LogP contribution >= 0.6 is 0 Å². The van der Waals surface area contributed by atoms with Gasteiger partial charge in [0.15, 0.2) is 17.3 Å². The summed E-state index contributed by atoms with van der Waals surface area (Å²) in [4.78, 5) is 9.02. The van der Waals surface area contributed by atoms with Gasteiger partial charge in [0.1, 0.15) is 11.6 Å². The molecule has 0 aliphatic heterocycles. The normalized spacial score (nSPS) is 11.2. The van der Waals surface area contributed by atoms with Crippen molar-refractivity contribution in [3.05, 3.63) is 60.5 Å². The summed E-state index contributed by atoms with van der Waals surface area (Å²) in [6, 6.07) is 13.4. The SMILES string of the molecule is Nc1nc(-c2ccc(-c3nnn[nH]3)cc2)nc2c1cnn2-c1ccc(F)cc1. The number of H-pyrrole nitrogens is 1. The molecule has 0 unspecified atom stereocenters. The van der Waals surface area contributed by atoms with Crippen LogP contribution in [0.15, 0.2) is 54.7 Å². The average molecular weight is 373 g/mol. The molecule has 136 valence electrons. The number of hydrogen-bond donors (Lipinski definition) is 2. The molecule has 0 amide bonds. The maximum atomic E-state index is 13.2. The van der Waals surface area contributed by atoms with Crippen molar-refractivity contribution in [1.82, 2.24) is 40.4 Å². The molecule has 0 aliphatic rings. The number of hydrogen-bond acceptors (Lipinski definition) is 7. The summed E-state index contributed by atoms with van der Waals surface area (Å²) in [6.07, 6.45) is 1.60. The van der Waals surface area contributed by atoms with Gasteiger partial charge in [-0.1, -0.05) is 24.3 Å². The smallest absolute Gasteiger partial charge is 0.179 e. The van der Waals surface area contributed by atoms with Crippen LogP contribution in [0.25, 0.3) is 39.5 Å². The lowest BCUT2D eigenvalue weighted by Crippen LogP contribution is -2.01. The number of fused-ring (bicyclic) bond motifs is 1. The summed E-state index contributed by atoms with van der Waals surface area (Å²) in [5.74, 6) is 1.02. The van der Waals surface area contributed by atoms with Crippen molar-refractivity contribution in [2.75, 3.05) is 5.73 Å². The third-order valence-corrected chi connectivity index (χ3v) is 4.29. The van der Waals surface area contributed by atoms with Crippen LogP contribution in [0.3, 0.4) is 0 Å². The van der Waals surface area contributed by atoms with E-state index in [9.17, 15) is 4.39 Å². The number of nitrogens with one attached hydrogen (secondary N) is 1. The highest BCUT2D eigenvalue weighted by Gasteiger charge is 2.14. The van der Waals surface area contributed by atoms with Crippen LogP contribution in [0.5, 0.6) is 0 Å². The maximum absolute atomic E-state index is 13.2. The standard InChI is InChI=1S/C18H12FN9/c19-12-5-7-13(8-6-12)28-18-14(9-21-28)15(20)22-16(23-18)10-1-3-11(4-2-10)17-24-26-27-25-17/h1-9H,(H2,20,22,23)(H,24,25,26,27). The molecular formula is C18H12FN9. The summed E-state index contributed by atoms with van der Waals surface area (Å²) in [5, 5.41) is 18.7. The molecule has 0 bridgehead atoms. The second-order valence-electron chi connectivity index (χ2n) is 6.03. The van der Waals surface area contributed by atoms with Crippen LogP contribution in [0, 0.1) is 5.82 Å². The van der Waals surface area contributed by atoms with Crippen molar-refractivity contribution in [1.29, 1.82) is 0 Å². The van der Waals surface area contributed by atoms with Crippen LogP contribution < -0.4 is 5.73 Å². The lowest BCUT2D eigenvalue weighted by atomic mass is 10.1. The number of halogens is 1. The van der Waals surface area contributed by atoms with E-state index in [4.69, 9.17) is 5.73 Å². The van der Waals surface area contributed by atoms with E-state index in [0.29, 0.717) is 34.2 Å². The van der Waals surface area contributed by atoms with Crippen molar-refractivity contribution in [3.8, 4) is 28.5 Å². The Kier molecular flexibility index (Phi) is 3.54. The molecule has 3 heterocycles. The van der Waals surface area contributed by atoms with Gasteiger partial charge < -0.3 is 5.73 Å². The summed E-state index contributed by atoms with van der Waals surface area (Å²) in [6.45, 7) is 0. The van der Waals surface area contributed by atoms with Crippen LogP contribution in [-0.2, 0) is 0 Å². The van der Waals surface area contributed by atoms with Crippen molar-refractivity contribution in [2.45, 2.75) is 0 Å². The van der Waals surface area contributed by atoms with Crippen LogP contribution in [0.1, 0.15) is 0 Å². The molecule has 5 aromatic rings. The Morgan fingerprint density at radius 2 is 1.68 bits per heavy atom. The third kappa shape index (κ3) is 2.63. The maximum Gasteiger partial charge on any atom is 0.179 e. The highest BCUT2D eigenvalue weighted by molar-refractivity contribution is 5.88. The molecule has 0 fully saturated rings. The molecule has 0 saturated carbocycles. The fourth-order valence-corrected chi connectivity index (χ4v) is 2.89. The molecule has 0 radical (unpaired) electrons. The Bertz CT molecular complexity index is 1260. The molecule has 2 aromatic carbocycles. The van der Waals surface area contributed by atoms with Crippen LogP contribution in [-0.4, -0.2) is 40.4 Å². The zero-order valence-electron chi connectivity index (χ0n) is 14.3. The largest absolute Gasteiger partial charge is 0.383 e. The Labute approximate surface area is 157 Å². The van der Waals surface area contributed by atoms with E-state index in [1.165, 1.54) is 12.1 Å². The topological polar surface area (TPSA) is 124 Å². The van der Waals surface area contributed by atoms with Gasteiger partial charge in [-0.15, -0.1) is 5.10 Å². The van der Waals surface area contributed by atoms with Gasteiger partial charge in [-0.25, -0.2) is 24.1 Å². The van der Waals surface area contributed by atoms with Gasteiger partial charge in [-0.2, -0.15) is 5.10 Å². The number of nitrogens with two attached hydrogens (primary N) is 1. The number of nitrogen functional groups attached to an aromatic ring is 1. The minimum atomic E-state index is -0.322. The zero-order chi connectivity index (χ0) is 19.1. The van der Waals surface area contributed by atoms with Gasteiger partial charge in [-0.05, 0) is 34.7 Å². The predicted octanol–water partition coefficient (Wildman–Crippen LogP) is 2.38. The first-order chi connectivity index (χ1) is 13.7. The number of benzene rings is 2.